The highest BCUT2D eigenvalue weighted by molar-refractivity contribution is 6.30. The van der Waals surface area contributed by atoms with E-state index in [9.17, 15) is 0 Å². The van der Waals surface area contributed by atoms with Crippen molar-refractivity contribution in [3.8, 4) is 0 Å². The average molecular weight is 117 g/mol. The zero-order valence-electron chi connectivity index (χ0n) is 3.73. The van der Waals surface area contributed by atoms with Gasteiger partial charge < -0.3 is 4.52 Å². The number of halogens is 1. The molecule has 1 aromatic rings. The van der Waals surface area contributed by atoms with Gasteiger partial charge in [0, 0.05) is 0 Å². The molecule has 0 saturated heterocycles. The van der Waals surface area contributed by atoms with Gasteiger partial charge >= 0.3 is 0 Å². The lowest BCUT2D eigenvalue weighted by atomic mass is 10.5. The maximum absolute atomic E-state index is 5.41. The van der Waals surface area contributed by atoms with E-state index in [2.05, 4.69) is 15.9 Å². The second kappa shape index (κ2) is 1.54. The van der Waals surface area contributed by atoms with Gasteiger partial charge in [-0.1, -0.05) is 16.8 Å². The van der Waals surface area contributed by atoms with Crippen LogP contribution in [0.15, 0.2) is 4.52 Å². The summed E-state index contributed by atoms with van der Waals surface area (Å²) < 4.78 is 4.53. The third kappa shape index (κ3) is 0.747. The molecule has 1 rings (SSSR count). The lowest BCUT2D eigenvalue weighted by Gasteiger charge is -1.72. The predicted molar refractivity (Wildman–Crippen MR) is 25.1 cm³/mol. The fraction of sp³-hybridized carbons (Fsp3) is 0.250. The molecule has 7 heavy (non-hydrogen) atoms. The minimum atomic E-state index is 0.458. The van der Waals surface area contributed by atoms with Crippen molar-refractivity contribution in [2.24, 2.45) is 0 Å². The molecule has 1 aromatic heterocycles. The SMILES string of the molecule is Cc1on[c]c1Cl. The van der Waals surface area contributed by atoms with Crippen molar-refractivity contribution in [3.05, 3.63) is 17.0 Å². The quantitative estimate of drug-likeness (QED) is 0.513. The van der Waals surface area contributed by atoms with Crippen LogP contribution in [0, 0.1) is 13.1 Å². The van der Waals surface area contributed by atoms with E-state index in [0.29, 0.717) is 10.8 Å². The largest absolute Gasteiger partial charge is 0.359 e. The van der Waals surface area contributed by atoms with Gasteiger partial charge in [0.05, 0.1) is 0 Å². The van der Waals surface area contributed by atoms with Gasteiger partial charge in [-0.2, -0.15) is 0 Å². The van der Waals surface area contributed by atoms with E-state index in [1.54, 1.807) is 6.92 Å². The van der Waals surface area contributed by atoms with Crippen molar-refractivity contribution in [1.82, 2.24) is 5.16 Å². The monoisotopic (exact) mass is 116 g/mol. The van der Waals surface area contributed by atoms with E-state index in [0.717, 1.165) is 0 Å². The summed E-state index contributed by atoms with van der Waals surface area (Å²) in [6.45, 7) is 1.73. The Kier molecular flexibility index (Phi) is 1.02. The normalized spacial score (nSPS) is 9.43. The number of aromatic nitrogens is 1. The summed E-state index contributed by atoms with van der Waals surface area (Å²) in [5.74, 6) is 0.613. The van der Waals surface area contributed by atoms with Gasteiger partial charge in [-0.15, -0.1) is 0 Å². The topological polar surface area (TPSA) is 26.0 Å². The molecule has 0 aliphatic rings. The molecule has 0 bridgehead atoms. The Labute approximate surface area is 46.1 Å². The summed E-state index contributed by atoms with van der Waals surface area (Å²) in [5, 5.41) is 3.75. The van der Waals surface area contributed by atoms with Crippen LogP contribution in [0.3, 0.4) is 0 Å². The third-order valence-corrected chi connectivity index (χ3v) is 0.986. The standard InChI is InChI=1S/C4H3ClNO/c1-3-4(5)2-6-7-3/h1H3. The lowest BCUT2D eigenvalue weighted by Crippen LogP contribution is -1.56. The van der Waals surface area contributed by atoms with Crippen molar-refractivity contribution < 1.29 is 4.52 Å². The molecular formula is C4H3ClNO. The Morgan fingerprint density at radius 3 is 2.71 bits per heavy atom. The molecule has 0 amide bonds. The second-order valence-corrected chi connectivity index (χ2v) is 1.54. The van der Waals surface area contributed by atoms with Crippen LogP contribution in [-0.4, -0.2) is 5.16 Å². The van der Waals surface area contributed by atoms with Gasteiger partial charge in [0.2, 0.25) is 0 Å². The Balaban J connectivity index is 3.12. The molecule has 0 unspecified atom stereocenters. The van der Waals surface area contributed by atoms with Gasteiger partial charge in [0.1, 0.15) is 5.02 Å². The molecule has 0 N–H and O–H groups in total. The van der Waals surface area contributed by atoms with Crippen LogP contribution in [0.5, 0.6) is 0 Å². The van der Waals surface area contributed by atoms with Crippen LogP contribution in [0.4, 0.5) is 0 Å². The minimum Gasteiger partial charge on any atom is -0.359 e. The van der Waals surface area contributed by atoms with Crippen molar-refractivity contribution in [1.29, 1.82) is 0 Å². The van der Waals surface area contributed by atoms with Crippen LogP contribution < -0.4 is 0 Å². The van der Waals surface area contributed by atoms with E-state index >= 15 is 0 Å². The molecule has 2 nitrogen and oxygen atoms in total. The number of aryl methyl sites for hydroxylation is 1. The van der Waals surface area contributed by atoms with Crippen LogP contribution in [0.2, 0.25) is 5.02 Å². The zero-order chi connectivity index (χ0) is 5.28. The predicted octanol–water partition coefficient (Wildman–Crippen LogP) is 1.44. The Morgan fingerprint density at radius 1 is 1.86 bits per heavy atom. The first-order valence-electron chi connectivity index (χ1n) is 1.80. The molecule has 0 aliphatic carbocycles. The van der Waals surface area contributed by atoms with E-state index in [1.807, 2.05) is 0 Å². The Hall–Kier alpha value is -0.500. The first-order chi connectivity index (χ1) is 3.30. The van der Waals surface area contributed by atoms with Crippen molar-refractivity contribution in [3.63, 3.8) is 0 Å². The molecule has 1 radical (unpaired) electrons. The molecule has 0 atom stereocenters. The first-order valence-corrected chi connectivity index (χ1v) is 2.18. The fourth-order valence-electron chi connectivity index (χ4n) is 0.250. The highest BCUT2D eigenvalue weighted by Gasteiger charge is 1.95. The highest BCUT2D eigenvalue weighted by atomic mass is 35.5. The van der Waals surface area contributed by atoms with Crippen LogP contribution in [0.25, 0.3) is 0 Å². The maximum Gasteiger partial charge on any atom is 0.156 e. The minimum absolute atomic E-state index is 0.458. The molecule has 3 heteroatoms. The summed E-state index contributed by atoms with van der Waals surface area (Å²) in [7, 11) is 0. The smallest absolute Gasteiger partial charge is 0.156 e. The summed E-state index contributed by atoms with van der Waals surface area (Å²) in [5.41, 5.74) is 0. The van der Waals surface area contributed by atoms with Crippen molar-refractivity contribution >= 4 is 11.6 Å². The zero-order valence-corrected chi connectivity index (χ0v) is 4.49. The summed E-state index contributed by atoms with van der Waals surface area (Å²) in [6, 6.07) is 0. The van der Waals surface area contributed by atoms with Crippen LogP contribution in [-0.2, 0) is 0 Å². The number of hydrogen-bond acceptors (Lipinski definition) is 2. The Morgan fingerprint density at radius 2 is 2.57 bits per heavy atom. The summed E-state index contributed by atoms with van der Waals surface area (Å²) in [4.78, 5) is 0. The summed E-state index contributed by atoms with van der Waals surface area (Å²) >= 11 is 5.41. The first kappa shape index (κ1) is 4.65. The van der Waals surface area contributed by atoms with Gasteiger partial charge in [-0.05, 0) is 6.92 Å². The van der Waals surface area contributed by atoms with E-state index < -0.39 is 0 Å². The Bertz CT molecular complexity index is 144. The van der Waals surface area contributed by atoms with E-state index in [-0.39, 0.29) is 0 Å². The molecule has 1 heterocycles. The third-order valence-electron chi connectivity index (χ3n) is 0.635. The van der Waals surface area contributed by atoms with Crippen molar-refractivity contribution in [2.45, 2.75) is 6.92 Å². The molecule has 0 fully saturated rings. The number of hydrogen-bond donors (Lipinski definition) is 0. The summed E-state index contributed by atoms with van der Waals surface area (Å²) in [6.07, 6.45) is 2.42. The molecular weight excluding hydrogens is 114 g/mol. The van der Waals surface area contributed by atoms with E-state index in [1.165, 1.54) is 0 Å². The number of nitrogens with zero attached hydrogens (tertiary/aromatic N) is 1. The van der Waals surface area contributed by atoms with Crippen molar-refractivity contribution in [2.75, 3.05) is 0 Å². The lowest BCUT2D eigenvalue weighted by molar-refractivity contribution is 0.396. The molecule has 0 saturated carbocycles. The van der Waals surface area contributed by atoms with Crippen LogP contribution in [0.1, 0.15) is 5.76 Å². The number of rotatable bonds is 0. The molecule has 0 spiro atoms. The fourth-order valence-corrected chi connectivity index (χ4v) is 0.319. The molecule has 0 aliphatic heterocycles. The van der Waals surface area contributed by atoms with Gasteiger partial charge in [-0.25, -0.2) is 0 Å². The van der Waals surface area contributed by atoms with Gasteiger partial charge in [0.25, 0.3) is 0 Å². The van der Waals surface area contributed by atoms with E-state index in [4.69, 9.17) is 11.6 Å². The average Bonchev–Trinajstić information content (AvgIpc) is 1.91. The molecule has 37 valence electrons. The maximum atomic E-state index is 5.41. The molecule has 0 aromatic carbocycles. The highest BCUT2D eigenvalue weighted by Crippen LogP contribution is 2.10. The van der Waals surface area contributed by atoms with Gasteiger partial charge in [0.15, 0.2) is 12.0 Å². The second-order valence-electron chi connectivity index (χ2n) is 1.16. The van der Waals surface area contributed by atoms with Gasteiger partial charge in [-0.3, -0.25) is 0 Å². The van der Waals surface area contributed by atoms with Crippen LogP contribution >= 0.6 is 11.6 Å².